The van der Waals surface area contributed by atoms with Crippen LogP contribution in [0.25, 0.3) is 10.9 Å². The third kappa shape index (κ3) is 0.827. The molecule has 0 saturated heterocycles. The van der Waals surface area contributed by atoms with Crippen LogP contribution >= 0.6 is 15.9 Å². The normalized spacial score (nSPS) is 10.5. The Bertz CT molecular complexity index is 353. The van der Waals surface area contributed by atoms with Crippen LogP contribution in [0.3, 0.4) is 0 Å². The molecule has 0 spiro atoms. The Morgan fingerprint density at radius 2 is 2.40 bits per heavy atom. The van der Waals surface area contributed by atoms with Gasteiger partial charge in [0.2, 0.25) is 0 Å². The van der Waals surface area contributed by atoms with Crippen molar-refractivity contribution in [3.8, 4) is 0 Å². The molecule has 0 aliphatic heterocycles. The zero-order chi connectivity index (χ0) is 6.97. The molecule has 3 heteroatoms. The van der Waals surface area contributed by atoms with Crippen LogP contribution in [-0.2, 0) is 0 Å². The number of H-pyrrole nitrogens is 1. The second-order valence-electron chi connectivity index (χ2n) is 2.03. The molecule has 0 saturated carbocycles. The number of hydrogen-bond acceptors (Lipinski definition) is 1. The van der Waals surface area contributed by atoms with E-state index in [1.807, 2.05) is 18.2 Å². The summed E-state index contributed by atoms with van der Waals surface area (Å²) in [5.74, 6) is 0. The second kappa shape index (κ2) is 2.09. The van der Waals surface area contributed by atoms with Crippen molar-refractivity contribution in [2.75, 3.05) is 0 Å². The number of nitrogens with one attached hydrogen (secondary N) is 1. The first-order valence-corrected chi connectivity index (χ1v) is 3.67. The summed E-state index contributed by atoms with van der Waals surface area (Å²) >= 11 is 3.36. The molecule has 1 aromatic heterocycles. The fraction of sp³-hybridized carbons (Fsp3) is 0. The number of benzene rings is 1. The quantitative estimate of drug-likeness (QED) is 0.686. The fourth-order valence-electron chi connectivity index (χ4n) is 0.855. The zero-order valence-electron chi connectivity index (χ0n) is 5.06. The molecule has 0 amide bonds. The summed E-state index contributed by atoms with van der Waals surface area (Å²) in [6.07, 6.45) is 2.82. The lowest BCUT2D eigenvalue weighted by atomic mass is 10.3. The predicted molar refractivity (Wildman–Crippen MR) is 42.6 cm³/mol. The van der Waals surface area contributed by atoms with Gasteiger partial charge in [0.05, 0.1) is 5.52 Å². The number of aromatic nitrogens is 2. The zero-order valence-corrected chi connectivity index (χ0v) is 6.64. The summed E-state index contributed by atoms with van der Waals surface area (Å²) in [4.78, 5) is 0. The number of fused-ring (bicyclic) bond motifs is 1. The summed E-state index contributed by atoms with van der Waals surface area (Å²) in [6, 6.07) is 5.90. The van der Waals surface area contributed by atoms with Gasteiger partial charge >= 0.3 is 0 Å². The Morgan fingerprint density at radius 3 is 3.30 bits per heavy atom. The van der Waals surface area contributed by atoms with Crippen molar-refractivity contribution in [2.24, 2.45) is 0 Å². The highest BCUT2D eigenvalue weighted by Crippen LogP contribution is 2.16. The van der Waals surface area contributed by atoms with Crippen molar-refractivity contribution in [1.29, 1.82) is 0 Å². The molecular weight excluding hydrogens is 192 g/mol. The molecule has 2 rings (SSSR count). The van der Waals surface area contributed by atoms with Crippen molar-refractivity contribution in [3.05, 3.63) is 28.9 Å². The van der Waals surface area contributed by atoms with E-state index in [2.05, 4.69) is 32.3 Å². The Balaban J connectivity index is 2.86. The average Bonchev–Trinajstić information content (AvgIpc) is 2.33. The van der Waals surface area contributed by atoms with Crippen LogP contribution < -0.4 is 0 Å². The fourth-order valence-corrected chi connectivity index (χ4v) is 1.22. The van der Waals surface area contributed by atoms with Gasteiger partial charge in [0.15, 0.2) is 0 Å². The number of hydrogen-bond donors (Lipinski definition) is 1. The smallest absolute Gasteiger partial charge is 0.121 e. The molecule has 0 aliphatic rings. The van der Waals surface area contributed by atoms with Crippen LogP contribution in [-0.4, -0.2) is 10.2 Å². The molecule has 0 atom stereocenters. The molecule has 1 radical (unpaired) electrons. The summed E-state index contributed by atoms with van der Waals surface area (Å²) < 4.78 is 1.05. The van der Waals surface area contributed by atoms with E-state index in [1.165, 1.54) is 0 Å². The topological polar surface area (TPSA) is 28.7 Å². The number of halogens is 1. The van der Waals surface area contributed by atoms with Crippen molar-refractivity contribution in [2.45, 2.75) is 0 Å². The predicted octanol–water partition coefficient (Wildman–Crippen LogP) is 2.13. The van der Waals surface area contributed by atoms with Gasteiger partial charge in [0, 0.05) is 9.86 Å². The Labute approximate surface area is 66.4 Å². The highest BCUT2D eigenvalue weighted by Gasteiger charge is 1.94. The van der Waals surface area contributed by atoms with Crippen molar-refractivity contribution in [1.82, 2.24) is 10.2 Å². The molecule has 1 N–H and O–H groups in total. The maximum absolute atomic E-state index is 3.77. The van der Waals surface area contributed by atoms with E-state index in [0.717, 1.165) is 15.4 Å². The van der Waals surface area contributed by atoms with Crippen molar-refractivity contribution >= 4 is 26.8 Å². The standard InChI is InChI=1S/C7H4BrN2/c8-6-1-2-7-5(3-6)4-9-10-7/h1-3H,(H,9,10). The second-order valence-corrected chi connectivity index (χ2v) is 2.94. The van der Waals surface area contributed by atoms with Crippen LogP contribution in [0.4, 0.5) is 0 Å². The molecule has 0 bridgehead atoms. The molecule has 0 unspecified atom stereocenters. The molecule has 0 fully saturated rings. The molecule has 1 heterocycles. The minimum absolute atomic E-state index is 1.01. The van der Waals surface area contributed by atoms with Gasteiger partial charge in [-0.1, -0.05) is 15.9 Å². The summed E-state index contributed by atoms with van der Waals surface area (Å²) in [6.45, 7) is 0. The van der Waals surface area contributed by atoms with Crippen LogP contribution in [0.1, 0.15) is 0 Å². The minimum Gasteiger partial charge on any atom is -0.277 e. The van der Waals surface area contributed by atoms with E-state index in [9.17, 15) is 0 Å². The molecule has 1 aromatic carbocycles. The SMILES string of the molecule is Brc1ccc2[nH]n[c]c2c1. The van der Waals surface area contributed by atoms with E-state index >= 15 is 0 Å². The number of rotatable bonds is 0. The van der Waals surface area contributed by atoms with Crippen molar-refractivity contribution in [3.63, 3.8) is 0 Å². The van der Waals surface area contributed by atoms with Gasteiger partial charge in [-0.2, -0.15) is 5.10 Å². The molecule has 49 valence electrons. The summed E-state index contributed by atoms with van der Waals surface area (Å²) in [5, 5.41) is 7.60. The molecular formula is C7H4BrN2. The van der Waals surface area contributed by atoms with Gasteiger partial charge in [0.25, 0.3) is 0 Å². The largest absolute Gasteiger partial charge is 0.277 e. The molecule has 10 heavy (non-hydrogen) atoms. The number of nitrogens with zero attached hydrogens (tertiary/aromatic N) is 1. The monoisotopic (exact) mass is 195 g/mol. The molecule has 0 aliphatic carbocycles. The highest BCUT2D eigenvalue weighted by molar-refractivity contribution is 9.10. The van der Waals surface area contributed by atoms with E-state index in [1.54, 1.807) is 0 Å². The number of aromatic amines is 1. The lowest BCUT2D eigenvalue weighted by molar-refractivity contribution is 1.11. The van der Waals surface area contributed by atoms with Gasteiger partial charge in [-0.25, -0.2) is 0 Å². The van der Waals surface area contributed by atoms with Gasteiger partial charge in [-0.3, -0.25) is 5.10 Å². The van der Waals surface area contributed by atoms with E-state index < -0.39 is 0 Å². The average molecular weight is 196 g/mol. The Kier molecular flexibility index (Phi) is 1.24. The van der Waals surface area contributed by atoms with Crippen LogP contribution in [0.15, 0.2) is 22.7 Å². The van der Waals surface area contributed by atoms with Crippen LogP contribution in [0.2, 0.25) is 0 Å². The van der Waals surface area contributed by atoms with Gasteiger partial charge in [-0.05, 0) is 18.2 Å². The van der Waals surface area contributed by atoms with E-state index in [0.29, 0.717) is 0 Å². The van der Waals surface area contributed by atoms with Gasteiger partial charge in [-0.15, -0.1) is 0 Å². The lowest BCUT2D eigenvalue weighted by Crippen LogP contribution is -1.66. The van der Waals surface area contributed by atoms with Crippen LogP contribution in [0, 0.1) is 6.20 Å². The Morgan fingerprint density at radius 1 is 1.50 bits per heavy atom. The third-order valence-electron chi connectivity index (χ3n) is 1.33. The summed E-state index contributed by atoms with van der Waals surface area (Å²) in [5.41, 5.74) is 1.02. The van der Waals surface area contributed by atoms with E-state index in [-0.39, 0.29) is 0 Å². The minimum atomic E-state index is 1.01. The Hall–Kier alpha value is -0.830. The maximum atomic E-state index is 3.77. The maximum Gasteiger partial charge on any atom is 0.121 e. The highest BCUT2D eigenvalue weighted by atomic mass is 79.9. The van der Waals surface area contributed by atoms with Gasteiger partial charge < -0.3 is 0 Å². The third-order valence-corrected chi connectivity index (χ3v) is 1.83. The first kappa shape index (κ1) is 5.92. The van der Waals surface area contributed by atoms with Gasteiger partial charge in [0.1, 0.15) is 6.20 Å². The summed E-state index contributed by atoms with van der Waals surface area (Å²) in [7, 11) is 0. The molecule has 2 nitrogen and oxygen atoms in total. The van der Waals surface area contributed by atoms with Crippen molar-refractivity contribution < 1.29 is 0 Å². The first-order valence-electron chi connectivity index (χ1n) is 2.87. The van der Waals surface area contributed by atoms with Crippen LogP contribution in [0.5, 0.6) is 0 Å². The van der Waals surface area contributed by atoms with E-state index in [4.69, 9.17) is 0 Å². The first-order chi connectivity index (χ1) is 4.86. The molecule has 2 aromatic rings. The lowest BCUT2D eigenvalue weighted by Gasteiger charge is -1.87.